The van der Waals surface area contributed by atoms with Gasteiger partial charge in [-0.25, -0.2) is 0 Å². The minimum atomic E-state index is -0.179. The molecular weight excluding hydrogens is 232 g/mol. The molecule has 0 aliphatic rings. The highest BCUT2D eigenvalue weighted by Crippen LogP contribution is 2.26. The van der Waals surface area contributed by atoms with Crippen molar-refractivity contribution in [2.75, 3.05) is 18.2 Å². The SMILES string of the molecule is COc1cc(N)ccc1NC(=O)Cn1cccn1. The van der Waals surface area contributed by atoms with E-state index in [1.807, 2.05) is 0 Å². The van der Waals surface area contributed by atoms with E-state index in [1.54, 1.807) is 41.3 Å². The van der Waals surface area contributed by atoms with E-state index in [4.69, 9.17) is 10.5 Å². The van der Waals surface area contributed by atoms with Gasteiger partial charge in [0.05, 0.1) is 12.8 Å². The standard InChI is InChI=1S/C12H14N4O2/c1-18-11-7-9(13)3-4-10(11)15-12(17)8-16-6-2-5-14-16/h2-7H,8,13H2,1H3,(H,15,17). The van der Waals surface area contributed by atoms with Gasteiger partial charge in [0, 0.05) is 24.1 Å². The second kappa shape index (κ2) is 5.22. The van der Waals surface area contributed by atoms with Crippen LogP contribution < -0.4 is 15.8 Å². The molecule has 0 aliphatic carbocycles. The fourth-order valence-corrected chi connectivity index (χ4v) is 1.54. The Labute approximate surface area is 104 Å². The minimum absolute atomic E-state index is 0.153. The fourth-order valence-electron chi connectivity index (χ4n) is 1.54. The molecule has 1 aromatic carbocycles. The maximum atomic E-state index is 11.8. The molecule has 0 spiro atoms. The highest BCUT2D eigenvalue weighted by molar-refractivity contribution is 5.92. The van der Waals surface area contributed by atoms with Crippen molar-refractivity contribution < 1.29 is 9.53 Å². The van der Waals surface area contributed by atoms with Crippen LogP contribution in [0.2, 0.25) is 0 Å². The molecule has 0 unspecified atom stereocenters. The van der Waals surface area contributed by atoms with Crippen LogP contribution in [0.3, 0.4) is 0 Å². The van der Waals surface area contributed by atoms with E-state index in [9.17, 15) is 4.79 Å². The summed E-state index contributed by atoms with van der Waals surface area (Å²) in [7, 11) is 1.53. The molecule has 0 aliphatic heterocycles. The van der Waals surface area contributed by atoms with Gasteiger partial charge in [0.15, 0.2) is 0 Å². The van der Waals surface area contributed by atoms with E-state index in [1.165, 1.54) is 7.11 Å². The summed E-state index contributed by atoms with van der Waals surface area (Å²) in [5.41, 5.74) is 6.80. The fraction of sp³-hybridized carbons (Fsp3) is 0.167. The Morgan fingerprint density at radius 2 is 2.39 bits per heavy atom. The largest absolute Gasteiger partial charge is 0.494 e. The van der Waals surface area contributed by atoms with Crippen molar-refractivity contribution in [2.24, 2.45) is 0 Å². The summed E-state index contributed by atoms with van der Waals surface area (Å²) in [5.74, 6) is 0.352. The number of aromatic nitrogens is 2. The van der Waals surface area contributed by atoms with Crippen LogP contribution in [0.25, 0.3) is 0 Å². The quantitative estimate of drug-likeness (QED) is 0.792. The van der Waals surface area contributed by atoms with Crippen molar-refractivity contribution in [3.05, 3.63) is 36.7 Å². The molecule has 2 rings (SSSR count). The number of nitrogens with one attached hydrogen (secondary N) is 1. The molecule has 1 heterocycles. The van der Waals surface area contributed by atoms with Crippen LogP contribution in [0.1, 0.15) is 0 Å². The van der Waals surface area contributed by atoms with E-state index in [0.717, 1.165) is 0 Å². The van der Waals surface area contributed by atoms with E-state index >= 15 is 0 Å². The number of carbonyl (C=O) groups excluding carboxylic acids is 1. The lowest BCUT2D eigenvalue weighted by Crippen LogP contribution is -2.19. The molecule has 1 aromatic heterocycles. The highest BCUT2D eigenvalue weighted by atomic mass is 16.5. The highest BCUT2D eigenvalue weighted by Gasteiger charge is 2.08. The van der Waals surface area contributed by atoms with Crippen molar-refractivity contribution in [1.82, 2.24) is 9.78 Å². The zero-order chi connectivity index (χ0) is 13.0. The summed E-state index contributed by atoms with van der Waals surface area (Å²) in [5, 5.41) is 6.71. The molecule has 0 bridgehead atoms. The summed E-state index contributed by atoms with van der Waals surface area (Å²) < 4.78 is 6.69. The van der Waals surface area contributed by atoms with Crippen molar-refractivity contribution in [3.8, 4) is 5.75 Å². The maximum Gasteiger partial charge on any atom is 0.246 e. The number of benzene rings is 1. The molecule has 2 aromatic rings. The second-order valence-electron chi connectivity index (χ2n) is 3.71. The number of methoxy groups -OCH3 is 1. The number of ether oxygens (including phenoxy) is 1. The molecule has 18 heavy (non-hydrogen) atoms. The molecule has 0 saturated heterocycles. The van der Waals surface area contributed by atoms with E-state index in [0.29, 0.717) is 17.1 Å². The number of hydrogen-bond acceptors (Lipinski definition) is 4. The van der Waals surface area contributed by atoms with Gasteiger partial charge < -0.3 is 15.8 Å². The predicted molar refractivity (Wildman–Crippen MR) is 68.3 cm³/mol. The van der Waals surface area contributed by atoms with Gasteiger partial charge in [-0.1, -0.05) is 0 Å². The molecule has 3 N–H and O–H groups in total. The number of nitrogen functional groups attached to an aromatic ring is 1. The third kappa shape index (κ3) is 2.79. The normalized spacial score (nSPS) is 10.1. The first-order valence-electron chi connectivity index (χ1n) is 5.40. The van der Waals surface area contributed by atoms with Crippen molar-refractivity contribution in [1.29, 1.82) is 0 Å². The average Bonchev–Trinajstić information content (AvgIpc) is 2.84. The van der Waals surface area contributed by atoms with Gasteiger partial charge in [0.2, 0.25) is 5.91 Å². The molecule has 0 atom stereocenters. The number of nitrogens with two attached hydrogens (primary N) is 1. The first kappa shape index (κ1) is 12.0. The van der Waals surface area contributed by atoms with Gasteiger partial charge in [0.25, 0.3) is 0 Å². The molecule has 0 saturated carbocycles. The smallest absolute Gasteiger partial charge is 0.246 e. The first-order chi connectivity index (χ1) is 8.69. The van der Waals surface area contributed by atoms with Crippen LogP contribution >= 0.6 is 0 Å². The molecule has 6 nitrogen and oxygen atoms in total. The number of hydrogen-bond donors (Lipinski definition) is 2. The van der Waals surface area contributed by atoms with Gasteiger partial charge in [-0.3, -0.25) is 9.48 Å². The molecule has 1 amide bonds. The number of rotatable bonds is 4. The zero-order valence-corrected chi connectivity index (χ0v) is 9.96. The number of anilines is 2. The third-order valence-corrected chi connectivity index (χ3v) is 2.36. The van der Waals surface area contributed by atoms with Gasteiger partial charge in [-0.05, 0) is 18.2 Å². The summed E-state index contributed by atoms with van der Waals surface area (Å²) >= 11 is 0. The van der Waals surface area contributed by atoms with Gasteiger partial charge >= 0.3 is 0 Å². The van der Waals surface area contributed by atoms with Gasteiger partial charge in [-0.2, -0.15) is 5.10 Å². The minimum Gasteiger partial charge on any atom is -0.494 e. The average molecular weight is 246 g/mol. The monoisotopic (exact) mass is 246 g/mol. The Bertz CT molecular complexity index is 537. The number of amides is 1. The number of nitrogens with zero attached hydrogens (tertiary/aromatic N) is 2. The predicted octanol–water partition coefficient (Wildman–Crippen LogP) is 1.11. The van der Waals surface area contributed by atoms with Crippen LogP contribution in [-0.2, 0) is 11.3 Å². The molecule has 6 heteroatoms. The third-order valence-electron chi connectivity index (χ3n) is 2.36. The summed E-state index contributed by atoms with van der Waals surface area (Å²) in [4.78, 5) is 11.8. The van der Waals surface area contributed by atoms with Crippen LogP contribution in [-0.4, -0.2) is 22.8 Å². The molecule has 0 radical (unpaired) electrons. The van der Waals surface area contributed by atoms with Crippen LogP contribution in [0.5, 0.6) is 5.75 Å². The van der Waals surface area contributed by atoms with Crippen LogP contribution in [0.4, 0.5) is 11.4 Å². The Morgan fingerprint density at radius 3 is 3.06 bits per heavy atom. The van der Waals surface area contributed by atoms with Crippen molar-refractivity contribution in [3.63, 3.8) is 0 Å². The Balaban J connectivity index is 2.07. The van der Waals surface area contributed by atoms with Gasteiger partial charge in [-0.15, -0.1) is 0 Å². The first-order valence-corrected chi connectivity index (χ1v) is 5.40. The van der Waals surface area contributed by atoms with E-state index in [2.05, 4.69) is 10.4 Å². The van der Waals surface area contributed by atoms with E-state index in [-0.39, 0.29) is 12.5 Å². The molecule has 94 valence electrons. The van der Waals surface area contributed by atoms with Crippen LogP contribution in [0.15, 0.2) is 36.7 Å². The zero-order valence-electron chi connectivity index (χ0n) is 9.96. The van der Waals surface area contributed by atoms with Crippen LogP contribution in [0, 0.1) is 0 Å². The summed E-state index contributed by atoms with van der Waals surface area (Å²) in [6.07, 6.45) is 3.34. The number of carbonyl (C=O) groups is 1. The topological polar surface area (TPSA) is 82.2 Å². The van der Waals surface area contributed by atoms with Crippen molar-refractivity contribution >= 4 is 17.3 Å². The molecule has 0 fully saturated rings. The Kier molecular flexibility index (Phi) is 3.47. The summed E-state index contributed by atoms with van der Waals surface area (Å²) in [6.45, 7) is 0.153. The lowest BCUT2D eigenvalue weighted by atomic mass is 10.2. The second-order valence-corrected chi connectivity index (χ2v) is 3.71. The summed E-state index contributed by atoms with van der Waals surface area (Å²) in [6, 6.07) is 6.82. The molecular formula is C12H14N4O2. The van der Waals surface area contributed by atoms with E-state index < -0.39 is 0 Å². The van der Waals surface area contributed by atoms with Gasteiger partial charge in [0.1, 0.15) is 12.3 Å². The maximum absolute atomic E-state index is 11.8. The lowest BCUT2D eigenvalue weighted by Gasteiger charge is -2.10. The van der Waals surface area contributed by atoms with Crippen molar-refractivity contribution in [2.45, 2.75) is 6.54 Å². The lowest BCUT2D eigenvalue weighted by molar-refractivity contribution is -0.116. The Hall–Kier alpha value is -2.50. The Morgan fingerprint density at radius 1 is 1.56 bits per heavy atom.